The van der Waals surface area contributed by atoms with Gasteiger partial charge in [-0.1, -0.05) is 6.07 Å². The number of nitrogens with two attached hydrogens (primary N) is 1. The monoisotopic (exact) mass is 233 g/mol. The summed E-state index contributed by atoms with van der Waals surface area (Å²) in [6, 6.07) is 6.10. The standard InChI is InChI=1S/C13H19N3O/c1-9-7-12(4-3-11(9)8-14)16-6-5-15-13(17)10(16)2/h3-4,7,10H,5-6,8,14H2,1-2H3,(H,15,17). The number of piperazine rings is 1. The van der Waals surface area contributed by atoms with Crippen LogP contribution in [0.1, 0.15) is 18.1 Å². The number of anilines is 1. The molecular weight excluding hydrogens is 214 g/mol. The molecule has 1 saturated heterocycles. The summed E-state index contributed by atoms with van der Waals surface area (Å²) in [6.07, 6.45) is 0. The van der Waals surface area contributed by atoms with E-state index in [4.69, 9.17) is 5.73 Å². The van der Waals surface area contributed by atoms with Crippen LogP contribution in [-0.2, 0) is 11.3 Å². The zero-order valence-electron chi connectivity index (χ0n) is 10.4. The third-order valence-electron chi connectivity index (χ3n) is 3.38. The van der Waals surface area contributed by atoms with Gasteiger partial charge < -0.3 is 16.0 Å². The van der Waals surface area contributed by atoms with E-state index in [2.05, 4.69) is 23.2 Å². The van der Waals surface area contributed by atoms with Crippen LogP contribution < -0.4 is 16.0 Å². The van der Waals surface area contributed by atoms with Crippen molar-refractivity contribution in [1.29, 1.82) is 0 Å². The zero-order valence-corrected chi connectivity index (χ0v) is 10.4. The first-order valence-electron chi connectivity index (χ1n) is 5.97. The van der Waals surface area contributed by atoms with E-state index in [0.717, 1.165) is 17.8 Å². The van der Waals surface area contributed by atoms with Crippen LogP contribution in [0.4, 0.5) is 5.69 Å². The van der Waals surface area contributed by atoms with E-state index in [0.29, 0.717) is 13.1 Å². The third-order valence-corrected chi connectivity index (χ3v) is 3.38. The van der Waals surface area contributed by atoms with Gasteiger partial charge in [0.15, 0.2) is 0 Å². The number of nitrogens with one attached hydrogen (secondary N) is 1. The number of hydrogen-bond donors (Lipinski definition) is 2. The molecule has 1 fully saturated rings. The number of carbonyl (C=O) groups is 1. The van der Waals surface area contributed by atoms with Gasteiger partial charge in [0.25, 0.3) is 0 Å². The van der Waals surface area contributed by atoms with Gasteiger partial charge in [0.05, 0.1) is 0 Å². The first-order chi connectivity index (χ1) is 8.13. The summed E-state index contributed by atoms with van der Waals surface area (Å²) in [5.74, 6) is 0.0943. The Hall–Kier alpha value is -1.55. The van der Waals surface area contributed by atoms with Gasteiger partial charge in [-0.25, -0.2) is 0 Å². The van der Waals surface area contributed by atoms with Crippen molar-refractivity contribution < 1.29 is 4.79 Å². The van der Waals surface area contributed by atoms with Crippen molar-refractivity contribution in [3.8, 4) is 0 Å². The van der Waals surface area contributed by atoms with E-state index < -0.39 is 0 Å². The predicted molar refractivity (Wildman–Crippen MR) is 68.9 cm³/mol. The second kappa shape index (κ2) is 4.75. The molecule has 0 aliphatic carbocycles. The first kappa shape index (κ1) is 11.9. The molecule has 1 aliphatic heterocycles. The van der Waals surface area contributed by atoms with Crippen molar-refractivity contribution in [2.75, 3.05) is 18.0 Å². The Morgan fingerprint density at radius 1 is 1.53 bits per heavy atom. The fraction of sp³-hybridized carbons (Fsp3) is 0.462. The summed E-state index contributed by atoms with van der Waals surface area (Å²) in [5.41, 5.74) is 9.09. The van der Waals surface area contributed by atoms with Gasteiger partial charge in [-0.05, 0) is 37.1 Å². The molecule has 1 atom stereocenters. The maximum atomic E-state index is 11.6. The smallest absolute Gasteiger partial charge is 0.242 e. The average molecular weight is 233 g/mol. The quantitative estimate of drug-likeness (QED) is 0.793. The van der Waals surface area contributed by atoms with Gasteiger partial charge in [0.1, 0.15) is 6.04 Å². The molecule has 0 radical (unpaired) electrons. The fourth-order valence-electron chi connectivity index (χ4n) is 2.22. The molecule has 4 heteroatoms. The van der Waals surface area contributed by atoms with Crippen LogP contribution in [0.15, 0.2) is 18.2 Å². The van der Waals surface area contributed by atoms with Crippen molar-refractivity contribution >= 4 is 11.6 Å². The number of amides is 1. The molecule has 0 bridgehead atoms. The molecule has 0 spiro atoms. The lowest BCUT2D eigenvalue weighted by atomic mass is 10.1. The Labute approximate surface area is 102 Å². The maximum absolute atomic E-state index is 11.6. The van der Waals surface area contributed by atoms with Gasteiger partial charge in [-0.2, -0.15) is 0 Å². The minimum atomic E-state index is -0.105. The van der Waals surface area contributed by atoms with Gasteiger partial charge >= 0.3 is 0 Å². The highest BCUT2D eigenvalue weighted by Gasteiger charge is 2.25. The Morgan fingerprint density at radius 2 is 2.29 bits per heavy atom. The summed E-state index contributed by atoms with van der Waals surface area (Å²) in [6.45, 7) is 6.11. The molecule has 92 valence electrons. The number of carbonyl (C=O) groups excluding carboxylic acids is 1. The third kappa shape index (κ3) is 2.26. The molecule has 2 rings (SSSR count). The summed E-state index contributed by atoms with van der Waals surface area (Å²) < 4.78 is 0. The molecule has 0 aromatic heterocycles. The maximum Gasteiger partial charge on any atom is 0.242 e. The van der Waals surface area contributed by atoms with Gasteiger partial charge in [-0.15, -0.1) is 0 Å². The molecule has 17 heavy (non-hydrogen) atoms. The van der Waals surface area contributed by atoms with Crippen LogP contribution in [0, 0.1) is 6.92 Å². The summed E-state index contributed by atoms with van der Waals surface area (Å²) >= 11 is 0. The number of nitrogens with zero attached hydrogens (tertiary/aromatic N) is 1. The Morgan fingerprint density at radius 3 is 2.94 bits per heavy atom. The van der Waals surface area contributed by atoms with Crippen molar-refractivity contribution in [2.45, 2.75) is 26.4 Å². The topological polar surface area (TPSA) is 58.4 Å². The fourth-order valence-corrected chi connectivity index (χ4v) is 2.22. The average Bonchev–Trinajstić information content (AvgIpc) is 2.32. The Balaban J connectivity index is 2.27. The second-order valence-electron chi connectivity index (χ2n) is 4.48. The van der Waals surface area contributed by atoms with Crippen LogP contribution in [0.25, 0.3) is 0 Å². The Bertz CT molecular complexity index is 431. The van der Waals surface area contributed by atoms with Crippen LogP contribution >= 0.6 is 0 Å². The van der Waals surface area contributed by atoms with Crippen LogP contribution in [0.2, 0.25) is 0 Å². The normalized spacial score (nSPS) is 20.3. The van der Waals surface area contributed by atoms with E-state index in [1.165, 1.54) is 5.56 Å². The number of hydrogen-bond acceptors (Lipinski definition) is 3. The molecule has 1 aliphatic rings. The molecule has 4 nitrogen and oxygen atoms in total. The minimum absolute atomic E-state index is 0.0943. The summed E-state index contributed by atoms with van der Waals surface area (Å²) in [7, 11) is 0. The van der Waals surface area contributed by atoms with E-state index in [-0.39, 0.29) is 11.9 Å². The van der Waals surface area contributed by atoms with Crippen molar-refractivity contribution in [2.24, 2.45) is 5.73 Å². The van der Waals surface area contributed by atoms with Crippen molar-refractivity contribution in [3.05, 3.63) is 29.3 Å². The molecule has 1 unspecified atom stereocenters. The van der Waals surface area contributed by atoms with E-state index in [1.807, 2.05) is 19.1 Å². The largest absolute Gasteiger partial charge is 0.358 e. The number of benzene rings is 1. The van der Waals surface area contributed by atoms with Gasteiger partial charge in [-0.3, -0.25) is 4.79 Å². The lowest BCUT2D eigenvalue weighted by Gasteiger charge is -2.35. The predicted octanol–water partition coefficient (Wildman–Crippen LogP) is 0.778. The minimum Gasteiger partial charge on any atom is -0.358 e. The molecule has 1 aromatic rings. The summed E-state index contributed by atoms with van der Waals surface area (Å²) in [5, 5.41) is 2.87. The van der Waals surface area contributed by atoms with Crippen molar-refractivity contribution in [1.82, 2.24) is 5.32 Å². The molecule has 3 N–H and O–H groups in total. The van der Waals surface area contributed by atoms with Crippen LogP contribution in [0.5, 0.6) is 0 Å². The van der Waals surface area contributed by atoms with E-state index in [9.17, 15) is 4.79 Å². The highest BCUT2D eigenvalue weighted by atomic mass is 16.2. The van der Waals surface area contributed by atoms with Gasteiger partial charge in [0, 0.05) is 25.3 Å². The van der Waals surface area contributed by atoms with Gasteiger partial charge in [0.2, 0.25) is 5.91 Å². The lowest BCUT2D eigenvalue weighted by molar-refractivity contribution is -0.122. The molecular formula is C13H19N3O. The number of aryl methyl sites for hydroxylation is 1. The first-order valence-corrected chi connectivity index (χ1v) is 5.97. The highest BCUT2D eigenvalue weighted by Crippen LogP contribution is 2.22. The SMILES string of the molecule is Cc1cc(N2CCNC(=O)C2C)ccc1CN. The lowest BCUT2D eigenvalue weighted by Crippen LogP contribution is -2.54. The Kier molecular flexibility index (Phi) is 3.33. The highest BCUT2D eigenvalue weighted by molar-refractivity contribution is 5.86. The molecule has 0 saturated carbocycles. The second-order valence-corrected chi connectivity index (χ2v) is 4.48. The molecule has 1 heterocycles. The van der Waals surface area contributed by atoms with Crippen molar-refractivity contribution in [3.63, 3.8) is 0 Å². The molecule has 1 aromatic carbocycles. The van der Waals surface area contributed by atoms with Crippen LogP contribution in [-0.4, -0.2) is 25.0 Å². The van der Waals surface area contributed by atoms with E-state index >= 15 is 0 Å². The summed E-state index contributed by atoms with van der Waals surface area (Å²) in [4.78, 5) is 13.7. The number of rotatable bonds is 2. The molecule has 1 amide bonds. The van der Waals surface area contributed by atoms with Crippen LogP contribution in [0.3, 0.4) is 0 Å². The zero-order chi connectivity index (χ0) is 12.4. The van der Waals surface area contributed by atoms with E-state index in [1.54, 1.807) is 0 Å².